The van der Waals surface area contributed by atoms with Crippen molar-refractivity contribution in [3.05, 3.63) is 50.5 Å². The molecule has 0 spiro atoms. The minimum atomic E-state index is -0.198. The van der Waals surface area contributed by atoms with E-state index in [9.17, 15) is 4.79 Å². The molecule has 7 nitrogen and oxygen atoms in total. The van der Waals surface area contributed by atoms with Crippen LogP contribution < -0.4 is 5.56 Å². The number of fused-ring (bicyclic) bond motifs is 1. The van der Waals surface area contributed by atoms with Crippen molar-refractivity contribution in [1.29, 1.82) is 5.26 Å². The molecule has 116 valence electrons. The van der Waals surface area contributed by atoms with Crippen molar-refractivity contribution in [3.8, 4) is 6.07 Å². The molecule has 1 fully saturated rings. The zero-order valence-electron chi connectivity index (χ0n) is 12.3. The van der Waals surface area contributed by atoms with E-state index >= 15 is 0 Å². The van der Waals surface area contributed by atoms with E-state index in [0.29, 0.717) is 29.5 Å². The van der Waals surface area contributed by atoms with Crippen LogP contribution in [-0.2, 0) is 13.1 Å². The molecule has 0 amide bonds. The second-order valence-corrected chi connectivity index (χ2v) is 6.58. The Labute approximate surface area is 135 Å². The van der Waals surface area contributed by atoms with Crippen LogP contribution in [0.2, 0.25) is 0 Å². The molecular formula is C15H14N6OS. The second-order valence-electron chi connectivity index (χ2n) is 5.61. The van der Waals surface area contributed by atoms with Crippen molar-refractivity contribution in [1.82, 2.24) is 24.5 Å². The van der Waals surface area contributed by atoms with E-state index in [4.69, 9.17) is 5.26 Å². The molecule has 1 aliphatic carbocycles. The fourth-order valence-corrected chi connectivity index (χ4v) is 3.30. The lowest BCUT2D eigenvalue weighted by Crippen LogP contribution is -2.27. The Bertz CT molecular complexity index is 931. The topological polar surface area (TPSA) is 90.1 Å². The van der Waals surface area contributed by atoms with Crippen molar-refractivity contribution in [2.24, 2.45) is 0 Å². The van der Waals surface area contributed by atoms with Gasteiger partial charge in [0.1, 0.15) is 16.6 Å². The maximum Gasteiger partial charge on any atom is 0.272 e. The standard InChI is InChI=1S/C15H14N6OS/c16-6-10-7-18-21-14(22)5-11(19-15(10)21)8-20(12-1-2-12)9-13-17-3-4-23-13/h3-5,7,12,18H,1-2,8-9H2. The predicted octanol–water partition coefficient (Wildman–Crippen LogP) is 1.52. The zero-order chi connectivity index (χ0) is 15.8. The van der Waals surface area contributed by atoms with E-state index in [1.807, 2.05) is 5.38 Å². The van der Waals surface area contributed by atoms with E-state index in [0.717, 1.165) is 11.6 Å². The fraction of sp³-hybridized carbons (Fsp3) is 0.333. The van der Waals surface area contributed by atoms with E-state index in [-0.39, 0.29) is 5.56 Å². The van der Waals surface area contributed by atoms with Gasteiger partial charge in [-0.05, 0) is 12.8 Å². The normalized spacial score (nSPS) is 14.4. The van der Waals surface area contributed by atoms with Crippen LogP contribution in [0.4, 0.5) is 0 Å². The van der Waals surface area contributed by atoms with Crippen molar-refractivity contribution < 1.29 is 0 Å². The largest absolute Gasteiger partial charge is 0.295 e. The molecule has 0 saturated heterocycles. The number of hydrogen-bond donors (Lipinski definition) is 1. The highest BCUT2D eigenvalue weighted by molar-refractivity contribution is 7.09. The predicted molar refractivity (Wildman–Crippen MR) is 84.9 cm³/mol. The van der Waals surface area contributed by atoms with E-state index < -0.39 is 0 Å². The van der Waals surface area contributed by atoms with Crippen LogP contribution in [0.5, 0.6) is 0 Å². The molecule has 0 aliphatic heterocycles. The van der Waals surface area contributed by atoms with E-state index in [1.54, 1.807) is 17.5 Å². The van der Waals surface area contributed by atoms with Gasteiger partial charge in [0.05, 0.1) is 12.2 Å². The average Bonchev–Trinajstić information content (AvgIpc) is 3.10. The monoisotopic (exact) mass is 326 g/mol. The van der Waals surface area contributed by atoms with Gasteiger partial charge in [0.2, 0.25) is 0 Å². The average molecular weight is 326 g/mol. The van der Waals surface area contributed by atoms with Crippen molar-refractivity contribution in [3.63, 3.8) is 0 Å². The lowest BCUT2D eigenvalue weighted by molar-refractivity contribution is 0.242. The smallest absolute Gasteiger partial charge is 0.272 e. The van der Waals surface area contributed by atoms with Gasteiger partial charge in [-0.3, -0.25) is 14.8 Å². The first kappa shape index (κ1) is 14.1. The summed E-state index contributed by atoms with van der Waals surface area (Å²) in [4.78, 5) is 23.3. The molecule has 3 aromatic rings. The van der Waals surface area contributed by atoms with Gasteiger partial charge in [0, 0.05) is 36.4 Å². The number of aromatic amines is 1. The molecule has 1 aliphatic rings. The highest BCUT2D eigenvalue weighted by atomic mass is 32.1. The first-order valence-corrected chi connectivity index (χ1v) is 8.25. The van der Waals surface area contributed by atoms with Crippen LogP contribution in [0.25, 0.3) is 5.65 Å². The number of aromatic nitrogens is 4. The molecule has 1 N–H and O–H groups in total. The Morgan fingerprint density at radius 2 is 2.35 bits per heavy atom. The number of thiazole rings is 1. The highest BCUT2D eigenvalue weighted by Gasteiger charge is 2.30. The molecule has 0 unspecified atom stereocenters. The molecule has 1 saturated carbocycles. The van der Waals surface area contributed by atoms with Gasteiger partial charge < -0.3 is 0 Å². The van der Waals surface area contributed by atoms with Crippen LogP contribution in [-0.4, -0.2) is 30.5 Å². The van der Waals surface area contributed by atoms with Crippen LogP contribution in [0.1, 0.15) is 29.1 Å². The molecule has 0 aromatic carbocycles. The maximum absolute atomic E-state index is 12.2. The SMILES string of the molecule is N#Cc1c[nH]n2c(=O)cc(CN(Cc3nccs3)C3CC3)nc12. The summed E-state index contributed by atoms with van der Waals surface area (Å²) in [6, 6.07) is 4.11. The second kappa shape index (κ2) is 5.61. The summed E-state index contributed by atoms with van der Waals surface area (Å²) < 4.78 is 1.30. The van der Waals surface area contributed by atoms with Gasteiger partial charge in [-0.2, -0.15) is 5.26 Å². The fourth-order valence-electron chi connectivity index (χ4n) is 2.66. The van der Waals surface area contributed by atoms with Gasteiger partial charge in [0.15, 0.2) is 5.65 Å². The number of nitriles is 1. The quantitative estimate of drug-likeness (QED) is 0.767. The Kier molecular flexibility index (Phi) is 3.44. The highest BCUT2D eigenvalue weighted by Crippen LogP contribution is 2.29. The molecule has 3 heterocycles. The summed E-state index contributed by atoms with van der Waals surface area (Å²) in [5, 5.41) is 14.9. The van der Waals surface area contributed by atoms with Gasteiger partial charge in [-0.25, -0.2) is 14.5 Å². The van der Waals surface area contributed by atoms with Crippen LogP contribution in [0, 0.1) is 11.3 Å². The van der Waals surface area contributed by atoms with Gasteiger partial charge >= 0.3 is 0 Å². The molecular weight excluding hydrogens is 312 g/mol. The lowest BCUT2D eigenvalue weighted by atomic mass is 10.3. The first-order valence-electron chi connectivity index (χ1n) is 7.37. The van der Waals surface area contributed by atoms with E-state index in [1.165, 1.54) is 29.6 Å². The molecule has 8 heteroatoms. The summed E-state index contributed by atoms with van der Waals surface area (Å²) in [5.74, 6) is 0. The number of hydrogen-bond acceptors (Lipinski definition) is 6. The number of nitrogens with one attached hydrogen (secondary N) is 1. The molecule has 3 aromatic heterocycles. The van der Waals surface area contributed by atoms with Crippen molar-refractivity contribution >= 4 is 17.0 Å². The number of nitrogens with zero attached hydrogens (tertiary/aromatic N) is 5. The molecule has 4 rings (SSSR count). The molecule has 0 bridgehead atoms. The Morgan fingerprint density at radius 3 is 3.04 bits per heavy atom. The third-order valence-corrected chi connectivity index (χ3v) is 4.69. The zero-order valence-corrected chi connectivity index (χ0v) is 13.1. The van der Waals surface area contributed by atoms with Gasteiger partial charge in [-0.15, -0.1) is 11.3 Å². The summed E-state index contributed by atoms with van der Waals surface area (Å²) in [5.41, 5.74) is 1.26. The minimum Gasteiger partial charge on any atom is -0.295 e. The van der Waals surface area contributed by atoms with Gasteiger partial charge in [-0.1, -0.05) is 0 Å². The minimum absolute atomic E-state index is 0.198. The number of H-pyrrole nitrogens is 1. The summed E-state index contributed by atoms with van der Waals surface area (Å²) in [6.45, 7) is 1.35. The van der Waals surface area contributed by atoms with Crippen LogP contribution >= 0.6 is 11.3 Å². The summed E-state index contributed by atoms with van der Waals surface area (Å²) >= 11 is 1.63. The third-order valence-electron chi connectivity index (χ3n) is 3.92. The van der Waals surface area contributed by atoms with E-state index in [2.05, 4.69) is 26.0 Å². The third kappa shape index (κ3) is 2.76. The van der Waals surface area contributed by atoms with Crippen LogP contribution in [0.3, 0.4) is 0 Å². The van der Waals surface area contributed by atoms with Crippen molar-refractivity contribution in [2.75, 3.05) is 0 Å². The lowest BCUT2D eigenvalue weighted by Gasteiger charge is -2.20. The summed E-state index contributed by atoms with van der Waals surface area (Å²) in [7, 11) is 0. The van der Waals surface area contributed by atoms with Gasteiger partial charge in [0.25, 0.3) is 5.56 Å². The maximum atomic E-state index is 12.2. The molecule has 0 atom stereocenters. The molecule has 23 heavy (non-hydrogen) atoms. The van der Waals surface area contributed by atoms with Crippen LogP contribution in [0.15, 0.2) is 28.6 Å². The molecule has 0 radical (unpaired) electrons. The number of rotatable bonds is 5. The Balaban J connectivity index is 1.65. The Morgan fingerprint density at radius 1 is 1.48 bits per heavy atom. The Hall–Kier alpha value is -2.50. The summed E-state index contributed by atoms with van der Waals surface area (Å²) in [6.07, 6.45) is 5.64. The van der Waals surface area contributed by atoms with Crippen molar-refractivity contribution in [2.45, 2.75) is 32.0 Å². The first-order chi connectivity index (χ1) is 11.2.